The molecule has 0 spiro atoms. The predicted molar refractivity (Wildman–Crippen MR) is 56.5 cm³/mol. The molecule has 0 unspecified atom stereocenters. The van der Waals surface area contributed by atoms with Gasteiger partial charge in [0, 0.05) is 25.5 Å². The summed E-state index contributed by atoms with van der Waals surface area (Å²) in [5, 5.41) is 0. The normalized spacial score (nSPS) is 10.6. The van der Waals surface area contributed by atoms with Gasteiger partial charge in [0.1, 0.15) is 0 Å². The molecule has 1 aromatic heterocycles. The lowest BCUT2D eigenvalue weighted by Crippen LogP contribution is -1.96. The second-order valence-corrected chi connectivity index (χ2v) is 3.52. The van der Waals surface area contributed by atoms with Crippen molar-refractivity contribution in [3.05, 3.63) is 24.0 Å². The second-order valence-electron chi connectivity index (χ2n) is 3.52. The van der Waals surface area contributed by atoms with Crippen LogP contribution < -0.4 is 5.73 Å². The quantitative estimate of drug-likeness (QED) is 0.670. The van der Waals surface area contributed by atoms with E-state index in [0.717, 1.165) is 6.54 Å². The summed E-state index contributed by atoms with van der Waals surface area (Å²) in [5.41, 5.74) is 6.76. The molecule has 0 saturated heterocycles. The minimum atomic E-state index is 0.655. The molecule has 0 fully saturated rings. The lowest BCUT2D eigenvalue weighted by atomic mass is 10.2. The van der Waals surface area contributed by atoms with Gasteiger partial charge in [-0.15, -0.1) is 0 Å². The Kier molecular flexibility index (Phi) is 4.61. The van der Waals surface area contributed by atoms with E-state index in [1.165, 1.54) is 31.2 Å². The van der Waals surface area contributed by atoms with Crippen LogP contribution in [0.5, 0.6) is 0 Å². The number of unbranched alkanes of at least 4 members (excludes halogenated alkanes) is 3. The second kappa shape index (κ2) is 5.81. The largest absolute Gasteiger partial charge is 0.354 e. The smallest absolute Gasteiger partial charge is 0.0219 e. The summed E-state index contributed by atoms with van der Waals surface area (Å²) in [5.74, 6) is 0. The maximum atomic E-state index is 5.53. The van der Waals surface area contributed by atoms with Gasteiger partial charge < -0.3 is 10.3 Å². The summed E-state index contributed by atoms with van der Waals surface area (Å²) in [6, 6.07) is 2.10. The van der Waals surface area contributed by atoms with Crippen LogP contribution in [-0.4, -0.2) is 4.57 Å². The van der Waals surface area contributed by atoms with Crippen molar-refractivity contribution in [3.63, 3.8) is 0 Å². The molecule has 2 nitrogen and oxygen atoms in total. The Hall–Kier alpha value is -0.760. The van der Waals surface area contributed by atoms with Crippen LogP contribution >= 0.6 is 0 Å². The molecule has 0 atom stereocenters. The lowest BCUT2D eigenvalue weighted by Gasteiger charge is -2.01. The van der Waals surface area contributed by atoms with Crippen LogP contribution in [0.25, 0.3) is 0 Å². The highest BCUT2D eigenvalue weighted by atomic mass is 14.9. The van der Waals surface area contributed by atoms with E-state index in [0.29, 0.717) is 6.54 Å². The number of hydrogen-bond donors (Lipinski definition) is 1. The van der Waals surface area contributed by atoms with E-state index >= 15 is 0 Å². The van der Waals surface area contributed by atoms with E-state index < -0.39 is 0 Å². The molecule has 13 heavy (non-hydrogen) atoms. The minimum Gasteiger partial charge on any atom is -0.354 e. The standard InChI is InChI=1S/C11H20N2/c1-2-3-4-5-7-13-8-6-11(9-12)10-13/h6,8,10H,2-5,7,9,12H2,1H3. The molecule has 2 heteroatoms. The van der Waals surface area contributed by atoms with Crippen LogP contribution in [0.2, 0.25) is 0 Å². The van der Waals surface area contributed by atoms with Crippen molar-refractivity contribution in [2.24, 2.45) is 5.73 Å². The van der Waals surface area contributed by atoms with Crippen LogP contribution in [0.1, 0.15) is 38.2 Å². The third-order valence-electron chi connectivity index (χ3n) is 2.32. The third kappa shape index (κ3) is 3.64. The van der Waals surface area contributed by atoms with E-state index in [4.69, 9.17) is 5.73 Å². The Morgan fingerprint density at radius 3 is 2.77 bits per heavy atom. The highest BCUT2D eigenvalue weighted by Crippen LogP contribution is 2.04. The fraction of sp³-hybridized carbons (Fsp3) is 0.636. The molecule has 1 heterocycles. The molecular weight excluding hydrogens is 160 g/mol. The maximum absolute atomic E-state index is 5.53. The highest BCUT2D eigenvalue weighted by Gasteiger charge is 1.94. The minimum absolute atomic E-state index is 0.655. The molecule has 0 saturated carbocycles. The van der Waals surface area contributed by atoms with Crippen molar-refractivity contribution in [2.45, 2.75) is 45.7 Å². The van der Waals surface area contributed by atoms with Crippen molar-refractivity contribution in [3.8, 4) is 0 Å². The Bertz CT molecular complexity index is 228. The third-order valence-corrected chi connectivity index (χ3v) is 2.32. The van der Waals surface area contributed by atoms with Gasteiger partial charge in [-0.3, -0.25) is 0 Å². The zero-order valence-electron chi connectivity index (χ0n) is 8.50. The predicted octanol–water partition coefficient (Wildman–Crippen LogP) is 2.53. The molecule has 0 aliphatic rings. The van der Waals surface area contributed by atoms with E-state index in [9.17, 15) is 0 Å². The number of hydrogen-bond acceptors (Lipinski definition) is 1. The molecule has 0 radical (unpaired) electrons. The number of aryl methyl sites for hydroxylation is 1. The SMILES string of the molecule is CCCCCCn1ccc(CN)c1. The molecule has 1 rings (SSSR count). The zero-order chi connectivity index (χ0) is 9.52. The van der Waals surface area contributed by atoms with Crippen LogP contribution in [0.4, 0.5) is 0 Å². The first kappa shape index (κ1) is 10.3. The Labute approximate surface area is 80.7 Å². The molecule has 74 valence electrons. The van der Waals surface area contributed by atoms with Crippen molar-refractivity contribution >= 4 is 0 Å². The van der Waals surface area contributed by atoms with Crippen LogP contribution in [-0.2, 0) is 13.1 Å². The molecule has 0 aromatic carbocycles. The molecule has 0 aliphatic heterocycles. The van der Waals surface area contributed by atoms with Crippen molar-refractivity contribution < 1.29 is 0 Å². The summed E-state index contributed by atoms with van der Waals surface area (Å²) in [7, 11) is 0. The summed E-state index contributed by atoms with van der Waals surface area (Å²) in [6.45, 7) is 4.03. The van der Waals surface area contributed by atoms with E-state index in [1.807, 2.05) is 0 Å². The van der Waals surface area contributed by atoms with Crippen LogP contribution in [0.15, 0.2) is 18.5 Å². The zero-order valence-corrected chi connectivity index (χ0v) is 8.50. The van der Waals surface area contributed by atoms with Crippen molar-refractivity contribution in [1.29, 1.82) is 0 Å². The van der Waals surface area contributed by atoms with Gasteiger partial charge in [-0.25, -0.2) is 0 Å². The Morgan fingerprint density at radius 1 is 1.31 bits per heavy atom. The Balaban J connectivity index is 2.20. The summed E-state index contributed by atoms with van der Waals surface area (Å²) < 4.78 is 2.23. The van der Waals surface area contributed by atoms with Crippen molar-refractivity contribution in [2.75, 3.05) is 0 Å². The van der Waals surface area contributed by atoms with Gasteiger partial charge in [0.05, 0.1) is 0 Å². The average molecular weight is 180 g/mol. The topological polar surface area (TPSA) is 30.9 Å². The average Bonchev–Trinajstić information content (AvgIpc) is 2.60. The number of aromatic nitrogens is 1. The fourth-order valence-electron chi connectivity index (χ4n) is 1.47. The monoisotopic (exact) mass is 180 g/mol. The molecule has 0 aliphatic carbocycles. The fourth-order valence-corrected chi connectivity index (χ4v) is 1.47. The lowest BCUT2D eigenvalue weighted by molar-refractivity contribution is 0.583. The van der Waals surface area contributed by atoms with E-state index in [2.05, 4.69) is 30.0 Å². The van der Waals surface area contributed by atoms with Gasteiger partial charge >= 0.3 is 0 Å². The van der Waals surface area contributed by atoms with E-state index in [-0.39, 0.29) is 0 Å². The first-order valence-corrected chi connectivity index (χ1v) is 5.21. The summed E-state index contributed by atoms with van der Waals surface area (Å²) in [6.07, 6.45) is 9.55. The van der Waals surface area contributed by atoms with Crippen LogP contribution in [0.3, 0.4) is 0 Å². The number of nitrogens with zero attached hydrogens (tertiary/aromatic N) is 1. The molecule has 0 amide bonds. The maximum Gasteiger partial charge on any atom is 0.0219 e. The molecule has 2 N–H and O–H groups in total. The van der Waals surface area contributed by atoms with Gasteiger partial charge in [0.15, 0.2) is 0 Å². The van der Waals surface area contributed by atoms with Gasteiger partial charge in [0.2, 0.25) is 0 Å². The summed E-state index contributed by atoms with van der Waals surface area (Å²) >= 11 is 0. The van der Waals surface area contributed by atoms with Gasteiger partial charge in [-0.05, 0) is 18.1 Å². The Morgan fingerprint density at radius 2 is 2.15 bits per heavy atom. The molecule has 0 bridgehead atoms. The number of rotatable bonds is 6. The first-order chi connectivity index (χ1) is 6.36. The highest BCUT2D eigenvalue weighted by molar-refractivity contribution is 5.09. The van der Waals surface area contributed by atoms with Gasteiger partial charge in [-0.2, -0.15) is 0 Å². The van der Waals surface area contributed by atoms with Gasteiger partial charge in [-0.1, -0.05) is 26.2 Å². The van der Waals surface area contributed by atoms with Gasteiger partial charge in [0.25, 0.3) is 0 Å². The van der Waals surface area contributed by atoms with E-state index in [1.54, 1.807) is 0 Å². The number of nitrogens with two attached hydrogens (primary N) is 1. The first-order valence-electron chi connectivity index (χ1n) is 5.21. The summed E-state index contributed by atoms with van der Waals surface area (Å²) in [4.78, 5) is 0. The van der Waals surface area contributed by atoms with Crippen LogP contribution in [0, 0.1) is 0 Å². The molecule has 1 aromatic rings. The van der Waals surface area contributed by atoms with Crippen molar-refractivity contribution in [1.82, 2.24) is 4.57 Å². The molecular formula is C11H20N2.